The Hall–Kier alpha value is -5.03. The topological polar surface area (TPSA) is 114 Å². The molecule has 0 aliphatic carbocycles. The predicted molar refractivity (Wildman–Crippen MR) is 201 cm³/mol. The molecule has 10 heteroatoms. The smallest absolute Gasteiger partial charge is 0.333 e. The van der Waals surface area contributed by atoms with Crippen molar-refractivity contribution >= 4 is 21.8 Å². The molecular weight excluding hydrogens is 681 g/mol. The molecule has 4 aromatic rings. The van der Waals surface area contributed by atoms with Gasteiger partial charge in [0.2, 0.25) is 9.84 Å². The van der Waals surface area contributed by atoms with Crippen LogP contribution in [0.5, 0.6) is 5.75 Å². The molecule has 0 saturated heterocycles. The first-order valence-electron chi connectivity index (χ1n) is 16.9. The Balaban J connectivity index is 1.37. The average Bonchev–Trinajstić information content (AvgIpc) is 3.14. The van der Waals surface area contributed by atoms with Crippen molar-refractivity contribution in [2.24, 2.45) is 0 Å². The van der Waals surface area contributed by atoms with Gasteiger partial charge in [0.15, 0.2) is 0 Å². The van der Waals surface area contributed by atoms with Crippen molar-refractivity contribution in [3.05, 3.63) is 126 Å². The minimum absolute atomic E-state index is 0.192. The number of benzene rings is 4. The minimum Gasteiger partial charge on any atom is -0.496 e. The highest BCUT2D eigenvalue weighted by atomic mass is 32.2. The monoisotopic (exact) mass is 726 g/mol. The summed E-state index contributed by atoms with van der Waals surface area (Å²) in [7, 11) is -2.17. The van der Waals surface area contributed by atoms with E-state index in [1.165, 1.54) is 0 Å². The van der Waals surface area contributed by atoms with Crippen LogP contribution in [0, 0.1) is 6.92 Å². The quantitative estimate of drug-likeness (QED) is 0.0536. The second kappa shape index (κ2) is 19.0. The van der Waals surface area contributed by atoms with Crippen LogP contribution < -0.4 is 4.74 Å². The van der Waals surface area contributed by atoms with Crippen LogP contribution in [-0.2, 0) is 51.6 Å². The van der Waals surface area contributed by atoms with Gasteiger partial charge in [-0.05, 0) is 96.6 Å². The maximum Gasteiger partial charge on any atom is 0.333 e. The van der Waals surface area contributed by atoms with E-state index in [1.807, 2.05) is 55.5 Å². The standard InChI is InChI=1S/C42H46O9S/c1-29(2)41(43)50-23-7-21-48-27-36-25-34(10-9-31(36)5)32-11-16-38(17-12-32)52(45,46)39-18-13-33(14-19-39)35-15-20-40(47-6)37(26-35)28-49-22-8-24-51-42(44)30(3)4/h9-20,25-26H,1,3,7-8,21-24,27-28H2,2,4-6H3. The van der Waals surface area contributed by atoms with E-state index >= 15 is 0 Å². The second-order valence-electron chi connectivity index (χ2n) is 12.4. The molecule has 0 spiro atoms. The highest BCUT2D eigenvalue weighted by Gasteiger charge is 2.18. The van der Waals surface area contributed by atoms with Crippen molar-refractivity contribution in [2.75, 3.05) is 33.5 Å². The molecule has 0 atom stereocenters. The van der Waals surface area contributed by atoms with Crippen molar-refractivity contribution in [1.29, 1.82) is 0 Å². The molecule has 0 N–H and O–H groups in total. The third kappa shape index (κ3) is 11.0. The second-order valence-corrected chi connectivity index (χ2v) is 14.3. The molecule has 0 fully saturated rings. The Kier molecular flexibility index (Phi) is 14.5. The molecule has 274 valence electrons. The molecule has 52 heavy (non-hydrogen) atoms. The maximum absolute atomic E-state index is 13.6. The molecule has 4 rings (SSSR count). The lowest BCUT2D eigenvalue weighted by Gasteiger charge is -2.13. The Labute approximate surface area is 306 Å². The minimum atomic E-state index is -3.76. The summed E-state index contributed by atoms with van der Waals surface area (Å²) in [6.07, 6.45) is 1.12. The number of sulfone groups is 1. The summed E-state index contributed by atoms with van der Waals surface area (Å²) in [6.45, 7) is 14.4. The summed E-state index contributed by atoms with van der Waals surface area (Å²) in [5, 5.41) is 0. The number of esters is 2. The first kappa shape index (κ1) is 39.8. The van der Waals surface area contributed by atoms with E-state index in [4.69, 9.17) is 23.7 Å². The zero-order chi connectivity index (χ0) is 37.7. The Bertz CT molecular complexity index is 1980. The van der Waals surface area contributed by atoms with Crippen molar-refractivity contribution in [3.63, 3.8) is 0 Å². The van der Waals surface area contributed by atoms with Gasteiger partial charge in [-0.15, -0.1) is 0 Å². The van der Waals surface area contributed by atoms with Gasteiger partial charge in [-0.25, -0.2) is 18.0 Å². The Morgan fingerprint density at radius 1 is 0.596 bits per heavy atom. The Morgan fingerprint density at radius 2 is 1.02 bits per heavy atom. The van der Waals surface area contributed by atoms with Crippen molar-refractivity contribution in [1.82, 2.24) is 0 Å². The van der Waals surface area contributed by atoms with Crippen LogP contribution in [0.15, 0.2) is 119 Å². The van der Waals surface area contributed by atoms with Crippen LogP contribution in [0.2, 0.25) is 0 Å². The van der Waals surface area contributed by atoms with Crippen LogP contribution >= 0.6 is 0 Å². The lowest BCUT2D eigenvalue weighted by atomic mass is 10.0. The number of carbonyl (C=O) groups excluding carboxylic acids is 2. The number of aryl methyl sites for hydroxylation is 1. The third-order valence-corrected chi connectivity index (χ3v) is 9.96. The van der Waals surface area contributed by atoms with Gasteiger partial charge in [0.05, 0.1) is 56.5 Å². The molecule has 0 heterocycles. The molecule has 0 radical (unpaired) electrons. The van der Waals surface area contributed by atoms with E-state index in [9.17, 15) is 18.0 Å². The van der Waals surface area contributed by atoms with E-state index in [0.29, 0.717) is 56.2 Å². The van der Waals surface area contributed by atoms with Gasteiger partial charge in [0.1, 0.15) is 5.75 Å². The van der Waals surface area contributed by atoms with E-state index in [-0.39, 0.29) is 23.0 Å². The normalized spacial score (nSPS) is 11.2. The zero-order valence-electron chi connectivity index (χ0n) is 30.2. The molecule has 0 amide bonds. The summed E-state index contributed by atoms with van der Waals surface area (Å²) in [4.78, 5) is 23.4. The summed E-state index contributed by atoms with van der Waals surface area (Å²) >= 11 is 0. The van der Waals surface area contributed by atoms with Gasteiger partial charge in [-0.1, -0.05) is 55.6 Å². The van der Waals surface area contributed by atoms with Crippen molar-refractivity contribution in [2.45, 2.75) is 56.6 Å². The number of hydrogen-bond acceptors (Lipinski definition) is 9. The molecule has 0 aliphatic rings. The average molecular weight is 727 g/mol. The van der Waals surface area contributed by atoms with Crippen molar-refractivity contribution < 1.29 is 41.7 Å². The number of rotatable bonds is 19. The fourth-order valence-electron chi connectivity index (χ4n) is 5.13. The number of ether oxygens (including phenoxy) is 5. The van der Waals surface area contributed by atoms with Crippen LogP contribution in [0.25, 0.3) is 22.3 Å². The maximum atomic E-state index is 13.6. The van der Waals surface area contributed by atoms with Gasteiger partial charge < -0.3 is 23.7 Å². The van der Waals surface area contributed by atoms with Gasteiger partial charge in [-0.2, -0.15) is 0 Å². The Morgan fingerprint density at radius 3 is 1.48 bits per heavy atom. The summed E-state index contributed by atoms with van der Waals surface area (Å²) < 4.78 is 54.5. The van der Waals surface area contributed by atoms with Crippen LogP contribution in [0.4, 0.5) is 0 Å². The van der Waals surface area contributed by atoms with E-state index in [0.717, 1.165) is 38.9 Å². The molecule has 4 aromatic carbocycles. The lowest BCUT2D eigenvalue weighted by molar-refractivity contribution is -0.140. The molecule has 0 saturated carbocycles. The highest BCUT2D eigenvalue weighted by Crippen LogP contribution is 2.31. The van der Waals surface area contributed by atoms with Gasteiger partial charge in [0.25, 0.3) is 0 Å². The van der Waals surface area contributed by atoms with Crippen molar-refractivity contribution in [3.8, 4) is 28.0 Å². The van der Waals surface area contributed by atoms with Crippen LogP contribution in [0.1, 0.15) is 43.4 Å². The predicted octanol–water partition coefficient (Wildman–Crippen LogP) is 8.22. The van der Waals surface area contributed by atoms with Gasteiger partial charge in [-0.3, -0.25) is 0 Å². The van der Waals surface area contributed by atoms with E-state index in [2.05, 4.69) is 13.2 Å². The summed E-state index contributed by atoms with van der Waals surface area (Å²) in [5.41, 5.74) is 7.21. The number of methoxy groups -OCH3 is 1. The van der Waals surface area contributed by atoms with Crippen LogP contribution in [0.3, 0.4) is 0 Å². The highest BCUT2D eigenvalue weighted by molar-refractivity contribution is 7.91. The number of carbonyl (C=O) groups is 2. The summed E-state index contributed by atoms with van der Waals surface area (Å²) in [5.74, 6) is -0.152. The van der Waals surface area contributed by atoms with Gasteiger partial charge >= 0.3 is 11.9 Å². The number of hydrogen-bond donors (Lipinski definition) is 0. The third-order valence-electron chi connectivity index (χ3n) is 8.17. The fourth-order valence-corrected chi connectivity index (χ4v) is 6.39. The lowest BCUT2D eigenvalue weighted by Crippen LogP contribution is -2.08. The molecule has 0 aliphatic heterocycles. The fraction of sp³-hybridized carbons (Fsp3) is 0.286. The van der Waals surface area contributed by atoms with Gasteiger partial charge in [0, 0.05) is 29.6 Å². The zero-order valence-corrected chi connectivity index (χ0v) is 31.1. The van der Waals surface area contributed by atoms with E-state index < -0.39 is 21.8 Å². The van der Waals surface area contributed by atoms with E-state index in [1.54, 1.807) is 57.4 Å². The SMILES string of the molecule is C=C(C)C(=O)OCCCOCc1cc(-c2ccc(S(=O)(=O)c3ccc(-c4ccc(OC)c(COCCCOC(=O)C(=C)C)c4)cc3)cc2)ccc1C. The largest absolute Gasteiger partial charge is 0.496 e. The molecule has 0 unspecified atom stereocenters. The molecule has 0 aromatic heterocycles. The molecule has 0 bridgehead atoms. The molecular formula is C42H46O9S. The first-order valence-corrected chi connectivity index (χ1v) is 18.4. The summed E-state index contributed by atoms with van der Waals surface area (Å²) in [6, 6.07) is 25.4. The first-order chi connectivity index (χ1) is 24.9. The van der Waals surface area contributed by atoms with Crippen LogP contribution in [-0.4, -0.2) is 53.9 Å². The molecule has 9 nitrogen and oxygen atoms in total.